The van der Waals surface area contributed by atoms with E-state index in [4.69, 9.17) is 11.6 Å². The molecule has 4 nitrogen and oxygen atoms in total. The Kier molecular flexibility index (Phi) is 4.20. The lowest BCUT2D eigenvalue weighted by Gasteiger charge is -2.02. The van der Waals surface area contributed by atoms with E-state index in [1.165, 1.54) is 23.1 Å². The lowest BCUT2D eigenvalue weighted by molar-refractivity contribution is -0.386. The van der Waals surface area contributed by atoms with Crippen molar-refractivity contribution < 1.29 is 4.92 Å². The van der Waals surface area contributed by atoms with Crippen LogP contribution in [0.3, 0.4) is 0 Å². The van der Waals surface area contributed by atoms with Gasteiger partial charge in [0.15, 0.2) is 5.52 Å². The van der Waals surface area contributed by atoms with Crippen molar-refractivity contribution in [3.05, 3.63) is 27.8 Å². The van der Waals surface area contributed by atoms with Gasteiger partial charge in [-0.3, -0.25) is 10.1 Å². The molecular weight excluding hydrogens is 280 g/mol. The van der Waals surface area contributed by atoms with Crippen LogP contribution in [0.2, 0.25) is 0 Å². The summed E-state index contributed by atoms with van der Waals surface area (Å²) in [5.41, 5.74) is 2.23. The maximum Gasteiger partial charge on any atom is 0.309 e. The van der Waals surface area contributed by atoms with Crippen LogP contribution in [0.5, 0.6) is 0 Å². The minimum absolute atomic E-state index is 0.114. The van der Waals surface area contributed by atoms with Crippen LogP contribution >= 0.6 is 34.7 Å². The highest BCUT2D eigenvalue weighted by Crippen LogP contribution is 2.36. The fraction of sp³-hybridized carbons (Fsp3) is 0.300. The van der Waals surface area contributed by atoms with Crippen LogP contribution in [-0.2, 0) is 0 Å². The van der Waals surface area contributed by atoms with Crippen LogP contribution in [0.1, 0.15) is 6.42 Å². The van der Waals surface area contributed by atoms with Gasteiger partial charge in [-0.15, -0.1) is 34.7 Å². The van der Waals surface area contributed by atoms with Gasteiger partial charge in [0.1, 0.15) is 0 Å². The molecule has 17 heavy (non-hydrogen) atoms. The number of aromatic nitrogens is 1. The SMILES string of the molecule is O=[N+]([O-])c1c(SCCCCl)ccc2scnc12. The second-order valence-corrected chi connectivity index (χ2v) is 5.66. The van der Waals surface area contributed by atoms with E-state index in [0.29, 0.717) is 16.3 Å². The van der Waals surface area contributed by atoms with Crippen molar-refractivity contribution in [2.24, 2.45) is 0 Å². The van der Waals surface area contributed by atoms with Gasteiger partial charge >= 0.3 is 5.69 Å². The molecule has 0 N–H and O–H groups in total. The summed E-state index contributed by atoms with van der Waals surface area (Å²) >= 11 is 8.46. The quantitative estimate of drug-likeness (QED) is 0.275. The monoisotopic (exact) mass is 288 g/mol. The van der Waals surface area contributed by atoms with Gasteiger partial charge < -0.3 is 0 Å². The summed E-state index contributed by atoms with van der Waals surface area (Å²) in [5.74, 6) is 1.35. The Hall–Kier alpha value is -0.850. The van der Waals surface area contributed by atoms with Gasteiger partial charge in [-0.05, 0) is 24.3 Å². The van der Waals surface area contributed by atoms with Crippen molar-refractivity contribution in [2.45, 2.75) is 11.3 Å². The molecule has 1 aromatic carbocycles. The van der Waals surface area contributed by atoms with Crippen molar-refractivity contribution in [2.75, 3.05) is 11.6 Å². The van der Waals surface area contributed by atoms with Crippen LogP contribution < -0.4 is 0 Å². The van der Waals surface area contributed by atoms with Gasteiger partial charge in [0.25, 0.3) is 0 Å². The third-order valence-corrected chi connectivity index (χ3v) is 4.35. The van der Waals surface area contributed by atoms with Crippen molar-refractivity contribution in [3.63, 3.8) is 0 Å². The molecule has 7 heteroatoms. The fourth-order valence-electron chi connectivity index (χ4n) is 1.43. The first-order valence-electron chi connectivity index (χ1n) is 4.93. The normalized spacial score (nSPS) is 10.9. The Balaban J connectivity index is 2.39. The molecule has 1 heterocycles. The van der Waals surface area contributed by atoms with E-state index in [0.717, 1.165) is 16.9 Å². The molecule has 0 amide bonds. The molecule has 0 saturated carbocycles. The maximum absolute atomic E-state index is 11.1. The van der Waals surface area contributed by atoms with Crippen molar-refractivity contribution in [1.82, 2.24) is 4.98 Å². The standard InChI is InChI=1S/C10H9ClN2O2S2/c11-4-1-5-16-8-3-2-7-9(12-6-17-7)10(8)13(14)15/h2-3,6H,1,4-5H2. The van der Waals surface area contributed by atoms with Gasteiger partial charge in [0.05, 0.1) is 20.0 Å². The summed E-state index contributed by atoms with van der Waals surface area (Å²) in [5, 5.41) is 11.1. The van der Waals surface area contributed by atoms with Gasteiger partial charge in [-0.1, -0.05) is 0 Å². The number of nitro groups is 1. The molecule has 0 unspecified atom stereocenters. The number of thiazole rings is 1. The van der Waals surface area contributed by atoms with Gasteiger partial charge in [-0.2, -0.15) is 0 Å². The molecule has 0 fully saturated rings. The lowest BCUT2D eigenvalue weighted by Crippen LogP contribution is -1.93. The first-order valence-corrected chi connectivity index (χ1v) is 7.33. The number of benzene rings is 1. The summed E-state index contributed by atoms with van der Waals surface area (Å²) < 4.78 is 0.846. The second-order valence-electron chi connectivity index (χ2n) is 3.26. The summed E-state index contributed by atoms with van der Waals surface area (Å²) in [6.07, 6.45) is 0.832. The zero-order chi connectivity index (χ0) is 12.3. The summed E-state index contributed by atoms with van der Waals surface area (Å²) in [4.78, 5) is 15.5. The topological polar surface area (TPSA) is 56.0 Å². The molecular formula is C10H9ClN2O2S2. The number of fused-ring (bicyclic) bond motifs is 1. The fourth-order valence-corrected chi connectivity index (χ4v) is 3.38. The number of rotatable bonds is 5. The van der Waals surface area contributed by atoms with E-state index in [-0.39, 0.29) is 10.6 Å². The highest BCUT2D eigenvalue weighted by Gasteiger charge is 2.20. The molecule has 0 saturated heterocycles. The molecule has 90 valence electrons. The largest absolute Gasteiger partial charge is 0.309 e. The molecule has 0 aliphatic heterocycles. The third-order valence-electron chi connectivity index (χ3n) is 2.16. The minimum atomic E-state index is -0.356. The summed E-state index contributed by atoms with van der Waals surface area (Å²) in [6.45, 7) is 0. The number of nitro benzene ring substituents is 1. The summed E-state index contributed by atoms with van der Waals surface area (Å²) in [6, 6.07) is 3.67. The zero-order valence-corrected chi connectivity index (χ0v) is 11.1. The van der Waals surface area contributed by atoms with Crippen LogP contribution in [0.15, 0.2) is 22.5 Å². The first-order chi connectivity index (χ1) is 8.24. The van der Waals surface area contributed by atoms with Crippen LogP contribution in [0.25, 0.3) is 10.2 Å². The average molecular weight is 289 g/mol. The molecule has 0 spiro atoms. The Morgan fingerprint density at radius 3 is 3.06 bits per heavy atom. The maximum atomic E-state index is 11.1. The van der Waals surface area contributed by atoms with E-state index in [1.54, 1.807) is 11.6 Å². The van der Waals surface area contributed by atoms with E-state index >= 15 is 0 Å². The molecule has 1 aromatic heterocycles. The van der Waals surface area contributed by atoms with E-state index in [1.807, 2.05) is 6.07 Å². The Morgan fingerprint density at radius 2 is 2.35 bits per heavy atom. The predicted molar refractivity (Wildman–Crippen MR) is 72.3 cm³/mol. The highest BCUT2D eigenvalue weighted by atomic mass is 35.5. The molecule has 0 aliphatic carbocycles. The van der Waals surface area contributed by atoms with Crippen LogP contribution in [-0.4, -0.2) is 21.5 Å². The Labute approximate surface area is 111 Å². The Bertz CT molecular complexity index is 544. The average Bonchev–Trinajstić information content (AvgIpc) is 2.76. The zero-order valence-electron chi connectivity index (χ0n) is 8.76. The third kappa shape index (κ3) is 2.70. The molecule has 2 aromatic rings. The number of nitrogens with zero attached hydrogens (tertiary/aromatic N) is 2. The number of hydrogen-bond acceptors (Lipinski definition) is 5. The van der Waals surface area contributed by atoms with E-state index < -0.39 is 0 Å². The number of halogens is 1. The minimum Gasteiger partial charge on any atom is -0.258 e. The number of alkyl halides is 1. The van der Waals surface area contributed by atoms with Gasteiger partial charge in [-0.25, -0.2) is 4.98 Å². The van der Waals surface area contributed by atoms with Gasteiger partial charge in [0, 0.05) is 5.88 Å². The van der Waals surface area contributed by atoms with Gasteiger partial charge in [0.2, 0.25) is 0 Å². The molecule has 0 atom stereocenters. The van der Waals surface area contributed by atoms with Crippen molar-refractivity contribution in [1.29, 1.82) is 0 Å². The highest BCUT2D eigenvalue weighted by molar-refractivity contribution is 7.99. The molecule has 2 rings (SSSR count). The van der Waals surface area contributed by atoms with Crippen LogP contribution in [0.4, 0.5) is 5.69 Å². The molecule has 0 aliphatic rings. The number of hydrogen-bond donors (Lipinski definition) is 0. The smallest absolute Gasteiger partial charge is 0.258 e. The van der Waals surface area contributed by atoms with E-state index in [2.05, 4.69) is 4.98 Å². The number of thioether (sulfide) groups is 1. The molecule has 0 radical (unpaired) electrons. The first kappa shape index (κ1) is 12.6. The van der Waals surface area contributed by atoms with Crippen LogP contribution in [0, 0.1) is 10.1 Å². The second kappa shape index (κ2) is 5.66. The van der Waals surface area contributed by atoms with Crippen molar-refractivity contribution in [3.8, 4) is 0 Å². The molecule has 0 bridgehead atoms. The van der Waals surface area contributed by atoms with E-state index in [9.17, 15) is 10.1 Å². The lowest BCUT2D eigenvalue weighted by atomic mass is 10.3. The van der Waals surface area contributed by atoms with Crippen molar-refractivity contribution >= 4 is 50.6 Å². The Morgan fingerprint density at radius 1 is 1.53 bits per heavy atom. The predicted octanol–water partition coefficient (Wildman–Crippen LogP) is 3.93. The summed E-state index contributed by atoms with van der Waals surface area (Å²) in [7, 11) is 0.